The Morgan fingerprint density at radius 1 is 0.372 bits per heavy atom. The van der Waals surface area contributed by atoms with Gasteiger partial charge in [0.25, 0.3) is 0 Å². The Labute approximate surface area is 651 Å². The molecule has 4 aliphatic heterocycles. The van der Waals surface area contributed by atoms with Crippen LogP contribution in [0.2, 0.25) is 0 Å². The molecule has 0 saturated carbocycles. The number of carboxylic acids is 1. The van der Waals surface area contributed by atoms with Crippen LogP contribution in [0.5, 0.6) is 0 Å². The van der Waals surface area contributed by atoms with Gasteiger partial charge in [-0.2, -0.15) is 0 Å². The van der Waals surface area contributed by atoms with Gasteiger partial charge in [-0.25, -0.2) is 4.79 Å². The van der Waals surface area contributed by atoms with Crippen LogP contribution in [0, 0.1) is 0 Å². The highest BCUT2D eigenvalue weighted by molar-refractivity contribution is 6.00. The number of aliphatic imine (C=N–C) groups is 5. The smallest absolute Gasteiger partial charge is 0.326 e. The number of hydrogen-bond donors (Lipinski definition) is 25. The summed E-state index contributed by atoms with van der Waals surface area (Å²) >= 11 is 0. The predicted octanol–water partition coefficient (Wildman–Crippen LogP) is -14.0. The van der Waals surface area contributed by atoms with Gasteiger partial charge in [0.15, 0.2) is 29.8 Å². The summed E-state index contributed by atoms with van der Waals surface area (Å²) in [6.07, 6.45) is -0.0241. The van der Waals surface area contributed by atoms with E-state index in [1.54, 1.807) is 0 Å². The molecular weight excluding hydrogens is 1490 g/mol. The van der Waals surface area contributed by atoms with Crippen molar-refractivity contribution in [1.29, 1.82) is 0 Å². The van der Waals surface area contributed by atoms with Crippen molar-refractivity contribution in [3.63, 3.8) is 0 Å². The lowest BCUT2D eigenvalue weighted by Crippen LogP contribution is -2.61. The van der Waals surface area contributed by atoms with Gasteiger partial charge in [0.05, 0.1) is 38.5 Å². The summed E-state index contributed by atoms with van der Waals surface area (Å²) in [5, 5.41) is 74.5. The molecule has 48 nitrogen and oxygen atoms in total. The van der Waals surface area contributed by atoms with Crippen LogP contribution in [0.3, 0.4) is 0 Å². The van der Waals surface area contributed by atoms with Crippen molar-refractivity contribution in [3.8, 4) is 0 Å². The average molecular weight is 1610 g/mol. The molecule has 36 N–H and O–H groups in total. The third-order valence-corrected chi connectivity index (χ3v) is 18.9. The second-order valence-electron chi connectivity index (χ2n) is 27.4. The minimum Gasteiger partial charge on any atom is -0.480 e. The predicted molar refractivity (Wildman–Crippen MR) is 405 cm³/mol. The number of guanidine groups is 5. The van der Waals surface area contributed by atoms with Gasteiger partial charge < -0.3 is 156 Å². The van der Waals surface area contributed by atoms with E-state index in [0.717, 1.165) is 19.6 Å². The molecule has 14 atom stereocenters. The van der Waals surface area contributed by atoms with E-state index in [9.17, 15) is 92.7 Å². The Hall–Kier alpha value is -11.3. The van der Waals surface area contributed by atoms with E-state index in [-0.39, 0.29) is 191 Å². The SMILES string of the molecule is C[C@@H](O)[C@H](NC(=O)[C@@H]1CCCN1C(=O)[C@H](CO)NC(=O)[C@@H]1CCCN1C(=O)[C@H](CO)NC(=O)[C@H](CCCN=C(N)N)NC(=O)[C@H](CCCN=C(N)N)NC(=O)[C@@H](N)CCCN=C(N)N)C(=O)N1CCC[C@H]1C(=O)NCC(=O)N1CCC[C@H]1C(=O)N[C@@H](CO)C(=O)N[C@@H](CCCN=C(N)N)C(=O)N[C@@H](CCCN=C(N)N)C(=O)O. The van der Waals surface area contributed by atoms with Crippen LogP contribution < -0.4 is 111 Å². The molecule has 4 fully saturated rings. The number of carbonyl (C=O) groups is 14. The molecule has 634 valence electrons. The maximum Gasteiger partial charge on any atom is 0.326 e. The highest BCUT2D eigenvalue weighted by atomic mass is 16.4. The van der Waals surface area contributed by atoms with Gasteiger partial charge in [-0.15, -0.1) is 0 Å². The zero-order valence-electron chi connectivity index (χ0n) is 63.3. The second kappa shape index (κ2) is 47.8. The van der Waals surface area contributed by atoms with Crippen molar-refractivity contribution in [2.24, 2.45) is 88.0 Å². The molecule has 4 rings (SSSR count). The minimum atomic E-state index is -1.74. The largest absolute Gasteiger partial charge is 0.480 e. The summed E-state index contributed by atoms with van der Waals surface area (Å²) in [6, 6.07) is -18.8. The minimum absolute atomic E-state index is 0.00268. The Kier molecular flexibility index (Phi) is 39.8. The van der Waals surface area contributed by atoms with Crippen LogP contribution in [-0.2, 0) is 67.1 Å². The molecule has 0 bridgehead atoms. The van der Waals surface area contributed by atoms with Gasteiger partial charge in [-0.3, -0.25) is 87.3 Å². The lowest BCUT2D eigenvalue weighted by atomic mass is 10.1. The Morgan fingerprint density at radius 2 is 0.664 bits per heavy atom. The fourth-order valence-corrected chi connectivity index (χ4v) is 13.0. The number of aliphatic hydroxyl groups is 4. The summed E-state index contributed by atoms with van der Waals surface area (Å²) in [6.45, 7) is -2.48. The van der Waals surface area contributed by atoms with Crippen molar-refractivity contribution in [3.05, 3.63) is 0 Å². The number of aliphatic carboxylic acids is 1. The summed E-state index contributed by atoms with van der Waals surface area (Å²) in [5.41, 5.74) is 60.3. The summed E-state index contributed by atoms with van der Waals surface area (Å²) in [4.78, 5) is 217. The number of aliphatic hydroxyl groups excluding tert-OH is 4. The molecule has 4 heterocycles. The molecule has 0 radical (unpaired) electrons. The Morgan fingerprint density at radius 3 is 1.04 bits per heavy atom. The lowest BCUT2D eigenvalue weighted by molar-refractivity contribution is -0.147. The van der Waals surface area contributed by atoms with Gasteiger partial charge in [0, 0.05) is 58.9 Å². The number of nitrogens with zero attached hydrogens (tertiary/aromatic N) is 9. The maximum atomic E-state index is 14.3. The first-order valence-corrected chi connectivity index (χ1v) is 37.2. The van der Waals surface area contributed by atoms with Crippen molar-refractivity contribution in [1.82, 2.24) is 67.5 Å². The van der Waals surface area contributed by atoms with Crippen molar-refractivity contribution in [2.45, 2.75) is 207 Å². The van der Waals surface area contributed by atoms with Gasteiger partial charge >= 0.3 is 5.97 Å². The molecule has 0 unspecified atom stereocenters. The second-order valence-corrected chi connectivity index (χ2v) is 27.4. The number of likely N-dealkylation sites (tertiary alicyclic amines) is 4. The standard InChI is InChI=1S/C65H115N29O19/c1-33(98)47(59(111)94-28-8-16-42(94)53(105)82-29-46(99)91-25-7-17-43(91)54(106)87-39(30-95)52(104)85-36(13-4-22-79-63(71)72)50(102)86-38(60(112)113)15-6-24-81-65(75)76)90-56(108)45-19-10-27-93(45)58(110)41(32-97)89-55(107)44-18-9-26-92(44)57(109)40(31-96)88-51(103)37(14-5-23-80-64(73)74)84-49(101)35(12-3-21-78-62(69)70)83-48(100)34(66)11-2-20-77-61(67)68/h33-45,47,95-98H,2-32,66H2,1H3,(H,82,105)(H,83,100)(H,84,101)(H,85,104)(H,86,102)(H,87,106)(H,88,103)(H,89,107)(H,90,108)(H,112,113)(H4,67,68,77)(H4,69,70,78)(H4,71,72,79)(H4,73,74,80)(H4,75,76,81)/t33-,34+,35+,36+,37+,38+,39+,40+,41+,42+,43+,44+,45+,47+/m1/s1. The van der Waals surface area contributed by atoms with Crippen LogP contribution in [0.1, 0.15) is 122 Å². The molecule has 13 amide bonds. The molecule has 0 aromatic heterocycles. The maximum absolute atomic E-state index is 14.3. The highest BCUT2D eigenvalue weighted by Gasteiger charge is 2.46. The molecule has 0 aromatic rings. The molecule has 0 spiro atoms. The number of nitrogens with one attached hydrogen (secondary N) is 9. The number of nitrogens with two attached hydrogens (primary N) is 11. The van der Waals surface area contributed by atoms with Crippen LogP contribution in [0.4, 0.5) is 0 Å². The average Bonchev–Trinajstić information content (AvgIpc) is 1.71. The first-order chi connectivity index (χ1) is 53.5. The van der Waals surface area contributed by atoms with Crippen LogP contribution in [0.25, 0.3) is 0 Å². The first kappa shape index (κ1) is 94.1. The molecule has 4 aliphatic rings. The van der Waals surface area contributed by atoms with E-state index in [0.29, 0.717) is 12.8 Å². The zero-order chi connectivity index (χ0) is 84.2. The van der Waals surface area contributed by atoms with Crippen molar-refractivity contribution in [2.75, 3.05) is 85.3 Å². The van der Waals surface area contributed by atoms with Gasteiger partial charge in [-0.05, 0) is 122 Å². The van der Waals surface area contributed by atoms with Crippen LogP contribution in [-0.4, -0.2) is 328 Å². The van der Waals surface area contributed by atoms with E-state index >= 15 is 0 Å². The number of rotatable bonds is 47. The Balaban J connectivity index is 1.39. The van der Waals surface area contributed by atoms with Crippen LogP contribution in [0.15, 0.2) is 25.0 Å². The number of carbonyl (C=O) groups excluding carboxylic acids is 13. The van der Waals surface area contributed by atoms with Crippen molar-refractivity contribution >= 4 is 113 Å². The van der Waals surface area contributed by atoms with Crippen molar-refractivity contribution < 1.29 is 92.7 Å². The molecule has 0 aliphatic carbocycles. The zero-order valence-corrected chi connectivity index (χ0v) is 63.3. The van der Waals surface area contributed by atoms with Gasteiger partial charge in [0.1, 0.15) is 72.5 Å². The van der Waals surface area contributed by atoms with Gasteiger partial charge in [-0.1, -0.05) is 0 Å². The summed E-state index contributed by atoms with van der Waals surface area (Å²) in [5.74, 6) is -14.3. The summed E-state index contributed by atoms with van der Waals surface area (Å²) in [7, 11) is 0. The number of amides is 13. The Bertz CT molecular complexity index is 3440. The van der Waals surface area contributed by atoms with E-state index in [4.69, 9.17) is 63.1 Å². The van der Waals surface area contributed by atoms with E-state index < -0.39 is 194 Å². The lowest BCUT2D eigenvalue weighted by Gasteiger charge is -2.33. The molecule has 113 heavy (non-hydrogen) atoms. The topological polar surface area (TPSA) is 809 Å². The van der Waals surface area contributed by atoms with E-state index in [2.05, 4.69) is 72.8 Å². The van der Waals surface area contributed by atoms with Gasteiger partial charge in [0.2, 0.25) is 76.8 Å². The molecule has 4 saturated heterocycles. The molecule has 0 aromatic carbocycles. The summed E-state index contributed by atoms with van der Waals surface area (Å²) < 4.78 is 0. The quantitative estimate of drug-likeness (QED) is 0.0153. The van der Waals surface area contributed by atoms with E-state index in [1.807, 2.05) is 0 Å². The number of carboxylic acid groups (broad SMARTS) is 1. The van der Waals surface area contributed by atoms with Crippen LogP contribution >= 0.6 is 0 Å². The third-order valence-electron chi connectivity index (χ3n) is 18.9. The third kappa shape index (κ3) is 30.7. The molecular formula is C65H115N29O19. The number of hydrogen-bond acceptors (Lipinski definition) is 24. The first-order valence-electron chi connectivity index (χ1n) is 37.2. The monoisotopic (exact) mass is 1610 g/mol. The normalized spacial score (nSPS) is 19.1. The highest BCUT2D eigenvalue weighted by Crippen LogP contribution is 2.25. The molecule has 48 heteroatoms. The fraction of sp³-hybridized carbons (Fsp3) is 0.708. The fourth-order valence-electron chi connectivity index (χ4n) is 13.0. The van der Waals surface area contributed by atoms with E-state index in [1.165, 1.54) is 6.92 Å².